The summed E-state index contributed by atoms with van der Waals surface area (Å²) in [5.41, 5.74) is 9.00. The summed E-state index contributed by atoms with van der Waals surface area (Å²) in [6, 6.07) is 0. The number of carbonyl (C=O) groups excluding carboxylic acids is 1. The van der Waals surface area contributed by atoms with Crippen molar-refractivity contribution in [2.45, 2.75) is 20.4 Å². The zero-order valence-electron chi connectivity index (χ0n) is 9.05. The molecule has 0 aliphatic heterocycles. The van der Waals surface area contributed by atoms with E-state index in [1.54, 1.807) is 0 Å². The van der Waals surface area contributed by atoms with Gasteiger partial charge in [-0.15, -0.1) is 0 Å². The van der Waals surface area contributed by atoms with Crippen LogP contribution in [0.2, 0.25) is 0 Å². The van der Waals surface area contributed by atoms with Crippen LogP contribution < -0.4 is 5.73 Å². The molecule has 0 spiro atoms. The van der Waals surface area contributed by atoms with Gasteiger partial charge in [-0.2, -0.15) is 0 Å². The molecule has 1 heterocycles. The molecule has 0 aromatic carbocycles. The number of esters is 1. The lowest BCUT2D eigenvalue weighted by atomic mass is 10.1. The number of ether oxygens (including phenoxy) is 1. The van der Waals surface area contributed by atoms with Crippen molar-refractivity contribution in [1.29, 1.82) is 0 Å². The molecule has 4 nitrogen and oxygen atoms in total. The van der Waals surface area contributed by atoms with E-state index in [2.05, 4.69) is 0 Å². The number of carbonyl (C=O) groups is 1. The topological polar surface area (TPSA) is 57.2 Å². The number of nitrogens with two attached hydrogens (primary N) is 1. The SMILES string of the molecule is COC(=O)c1c(CN)c(C)n(C)c1C. The van der Waals surface area contributed by atoms with E-state index in [-0.39, 0.29) is 5.97 Å². The average molecular weight is 196 g/mol. The van der Waals surface area contributed by atoms with Crippen molar-refractivity contribution >= 4 is 5.97 Å². The maximum absolute atomic E-state index is 11.5. The first-order valence-corrected chi connectivity index (χ1v) is 4.47. The zero-order valence-corrected chi connectivity index (χ0v) is 9.05. The first kappa shape index (κ1) is 10.8. The Morgan fingerprint density at radius 3 is 2.43 bits per heavy atom. The van der Waals surface area contributed by atoms with Gasteiger partial charge in [-0.3, -0.25) is 0 Å². The van der Waals surface area contributed by atoms with Crippen molar-refractivity contribution < 1.29 is 9.53 Å². The summed E-state index contributed by atoms with van der Waals surface area (Å²) in [4.78, 5) is 11.5. The van der Waals surface area contributed by atoms with Crippen molar-refractivity contribution in [3.05, 3.63) is 22.5 Å². The van der Waals surface area contributed by atoms with Crippen molar-refractivity contribution in [2.75, 3.05) is 7.11 Å². The summed E-state index contributed by atoms with van der Waals surface area (Å²) < 4.78 is 6.67. The maximum Gasteiger partial charge on any atom is 0.340 e. The summed E-state index contributed by atoms with van der Waals surface area (Å²) >= 11 is 0. The Hall–Kier alpha value is -1.29. The zero-order chi connectivity index (χ0) is 10.9. The fourth-order valence-electron chi connectivity index (χ4n) is 1.64. The summed E-state index contributed by atoms with van der Waals surface area (Å²) in [7, 11) is 3.29. The van der Waals surface area contributed by atoms with E-state index in [0.717, 1.165) is 17.0 Å². The van der Waals surface area contributed by atoms with E-state index < -0.39 is 0 Å². The third-order valence-corrected chi connectivity index (χ3v) is 2.70. The Morgan fingerprint density at radius 1 is 1.43 bits per heavy atom. The van der Waals surface area contributed by atoms with Crippen LogP contribution in [0.5, 0.6) is 0 Å². The lowest BCUT2D eigenvalue weighted by Crippen LogP contribution is -2.08. The minimum atomic E-state index is -0.313. The molecule has 2 N–H and O–H groups in total. The Labute approximate surface area is 83.7 Å². The van der Waals surface area contributed by atoms with Crippen molar-refractivity contribution in [3.8, 4) is 0 Å². The summed E-state index contributed by atoms with van der Waals surface area (Å²) in [6.45, 7) is 4.19. The second-order valence-electron chi connectivity index (χ2n) is 3.28. The molecule has 0 unspecified atom stereocenters. The molecule has 1 aromatic rings. The molecule has 0 atom stereocenters. The van der Waals surface area contributed by atoms with Crippen LogP contribution in [0.25, 0.3) is 0 Å². The number of methoxy groups -OCH3 is 1. The molecular formula is C10H16N2O2. The van der Waals surface area contributed by atoms with Crippen molar-refractivity contribution in [1.82, 2.24) is 4.57 Å². The Bertz CT molecular complexity index is 367. The fourth-order valence-corrected chi connectivity index (χ4v) is 1.64. The second kappa shape index (κ2) is 3.84. The third kappa shape index (κ3) is 1.42. The van der Waals surface area contributed by atoms with E-state index in [9.17, 15) is 4.79 Å². The fraction of sp³-hybridized carbons (Fsp3) is 0.500. The van der Waals surface area contributed by atoms with Gasteiger partial charge in [-0.05, 0) is 13.8 Å². The molecule has 0 radical (unpaired) electrons. The quantitative estimate of drug-likeness (QED) is 0.714. The summed E-state index contributed by atoms with van der Waals surface area (Å²) in [5, 5.41) is 0. The van der Waals surface area contributed by atoms with E-state index in [1.807, 2.05) is 25.5 Å². The minimum Gasteiger partial charge on any atom is -0.465 e. The standard InChI is InChI=1S/C10H16N2O2/c1-6-8(5-11)9(10(13)14-4)7(2)12(6)3/h5,11H2,1-4H3. The van der Waals surface area contributed by atoms with Crippen LogP contribution in [0.3, 0.4) is 0 Å². The highest BCUT2D eigenvalue weighted by Gasteiger charge is 2.20. The number of nitrogens with zero attached hydrogens (tertiary/aromatic N) is 1. The molecule has 1 rings (SSSR count). The Kier molecular flexibility index (Phi) is 2.96. The maximum atomic E-state index is 11.5. The van der Waals surface area contributed by atoms with Crippen LogP contribution in [0.1, 0.15) is 27.3 Å². The summed E-state index contributed by atoms with van der Waals surface area (Å²) in [6.07, 6.45) is 0. The lowest BCUT2D eigenvalue weighted by molar-refractivity contribution is 0.0598. The van der Waals surface area contributed by atoms with Gasteiger partial charge in [-0.1, -0.05) is 0 Å². The molecule has 4 heteroatoms. The van der Waals surface area contributed by atoms with Gasteiger partial charge in [0.05, 0.1) is 12.7 Å². The molecule has 0 aliphatic rings. The summed E-state index contributed by atoms with van der Waals surface area (Å²) in [5.74, 6) is -0.313. The van der Waals surface area contributed by atoms with Crippen molar-refractivity contribution in [2.24, 2.45) is 12.8 Å². The van der Waals surface area contributed by atoms with Gasteiger partial charge < -0.3 is 15.0 Å². The first-order chi connectivity index (χ1) is 6.54. The van der Waals surface area contributed by atoms with Crippen LogP contribution in [-0.2, 0) is 18.3 Å². The highest BCUT2D eigenvalue weighted by molar-refractivity contribution is 5.93. The van der Waals surface area contributed by atoms with Gasteiger partial charge in [-0.25, -0.2) is 4.79 Å². The van der Waals surface area contributed by atoms with Crippen LogP contribution in [0, 0.1) is 13.8 Å². The molecular weight excluding hydrogens is 180 g/mol. The van der Waals surface area contributed by atoms with Crippen LogP contribution in [0.15, 0.2) is 0 Å². The second-order valence-corrected chi connectivity index (χ2v) is 3.28. The Balaban J connectivity index is 3.40. The molecule has 0 amide bonds. The van der Waals surface area contributed by atoms with Gasteiger partial charge in [0.15, 0.2) is 0 Å². The average Bonchev–Trinajstić information content (AvgIpc) is 2.41. The van der Waals surface area contributed by atoms with Gasteiger partial charge in [0.1, 0.15) is 0 Å². The van der Waals surface area contributed by atoms with Gasteiger partial charge in [0.2, 0.25) is 0 Å². The number of rotatable bonds is 2. The number of aromatic nitrogens is 1. The molecule has 1 aromatic heterocycles. The predicted octanol–water partition coefficient (Wildman–Crippen LogP) is 0.887. The third-order valence-electron chi connectivity index (χ3n) is 2.70. The van der Waals surface area contributed by atoms with E-state index in [0.29, 0.717) is 12.1 Å². The van der Waals surface area contributed by atoms with Crippen molar-refractivity contribution in [3.63, 3.8) is 0 Å². The largest absolute Gasteiger partial charge is 0.465 e. The molecule has 0 saturated carbocycles. The highest BCUT2D eigenvalue weighted by atomic mass is 16.5. The van der Waals surface area contributed by atoms with Crippen LogP contribution in [0.4, 0.5) is 0 Å². The van der Waals surface area contributed by atoms with Gasteiger partial charge in [0.25, 0.3) is 0 Å². The molecule has 0 aliphatic carbocycles. The van der Waals surface area contributed by atoms with Gasteiger partial charge >= 0.3 is 5.97 Å². The molecule has 0 bridgehead atoms. The van der Waals surface area contributed by atoms with Crippen LogP contribution in [-0.4, -0.2) is 17.6 Å². The monoisotopic (exact) mass is 196 g/mol. The predicted molar refractivity (Wildman–Crippen MR) is 54.1 cm³/mol. The smallest absolute Gasteiger partial charge is 0.340 e. The number of hydrogen-bond donors (Lipinski definition) is 1. The molecule has 14 heavy (non-hydrogen) atoms. The van der Waals surface area contributed by atoms with E-state index in [4.69, 9.17) is 10.5 Å². The minimum absolute atomic E-state index is 0.313. The normalized spacial score (nSPS) is 10.4. The first-order valence-electron chi connectivity index (χ1n) is 4.47. The molecule has 0 fully saturated rings. The molecule has 78 valence electrons. The Morgan fingerprint density at radius 2 is 2.00 bits per heavy atom. The lowest BCUT2D eigenvalue weighted by Gasteiger charge is -2.01. The number of hydrogen-bond acceptors (Lipinski definition) is 3. The van der Waals surface area contributed by atoms with E-state index >= 15 is 0 Å². The molecule has 0 saturated heterocycles. The van der Waals surface area contributed by atoms with E-state index in [1.165, 1.54) is 7.11 Å². The van der Waals surface area contributed by atoms with Gasteiger partial charge in [0, 0.05) is 30.5 Å². The highest BCUT2D eigenvalue weighted by Crippen LogP contribution is 2.21. The van der Waals surface area contributed by atoms with Crippen LogP contribution >= 0.6 is 0 Å².